The van der Waals surface area contributed by atoms with E-state index < -0.39 is 17.3 Å². The fourth-order valence-corrected chi connectivity index (χ4v) is 3.41. The Balaban J connectivity index is 2.51. The minimum absolute atomic E-state index is 0.361. The molecule has 2 atom stereocenters. The quantitative estimate of drug-likeness (QED) is 0.785. The van der Waals surface area contributed by atoms with Crippen LogP contribution in [0.2, 0.25) is 0 Å². The van der Waals surface area contributed by atoms with E-state index in [1.165, 1.54) is 19.8 Å². The zero-order valence-electron chi connectivity index (χ0n) is 11.8. The molecule has 1 aliphatic carbocycles. The van der Waals surface area contributed by atoms with Gasteiger partial charge in [0.2, 0.25) is 0 Å². The first-order valence-corrected chi connectivity index (χ1v) is 6.60. The Hall–Kier alpha value is -0.940. The van der Waals surface area contributed by atoms with Crippen LogP contribution in [0.15, 0.2) is 24.3 Å². The van der Waals surface area contributed by atoms with E-state index in [0.29, 0.717) is 6.54 Å². The van der Waals surface area contributed by atoms with Gasteiger partial charge in [0.25, 0.3) is 0 Å². The molecule has 0 amide bonds. The van der Waals surface area contributed by atoms with Gasteiger partial charge in [0.05, 0.1) is 0 Å². The summed E-state index contributed by atoms with van der Waals surface area (Å²) < 4.78 is 10.6. The van der Waals surface area contributed by atoms with Gasteiger partial charge in [0.1, 0.15) is 5.60 Å². The smallest absolute Gasteiger partial charge is 0.186 e. The van der Waals surface area contributed by atoms with Crippen LogP contribution in [0.3, 0.4) is 0 Å². The van der Waals surface area contributed by atoms with Gasteiger partial charge in [0.15, 0.2) is 6.29 Å². The number of benzene rings is 1. The second kappa shape index (κ2) is 5.21. The van der Waals surface area contributed by atoms with Crippen molar-refractivity contribution in [1.82, 2.24) is 0 Å². The molecule has 0 saturated carbocycles. The molecule has 0 spiro atoms. The molecule has 19 heavy (non-hydrogen) atoms. The Bertz CT molecular complexity index is 443. The van der Waals surface area contributed by atoms with Crippen LogP contribution in [0.1, 0.15) is 24.5 Å². The molecule has 0 bridgehead atoms. The van der Waals surface area contributed by atoms with Crippen molar-refractivity contribution < 1.29 is 14.6 Å². The highest BCUT2D eigenvalue weighted by Crippen LogP contribution is 2.47. The van der Waals surface area contributed by atoms with E-state index in [2.05, 4.69) is 6.07 Å². The van der Waals surface area contributed by atoms with E-state index in [0.717, 1.165) is 18.4 Å². The highest BCUT2D eigenvalue weighted by atomic mass is 16.7. The topological polar surface area (TPSA) is 64.7 Å². The predicted molar refractivity (Wildman–Crippen MR) is 73.9 cm³/mol. The molecule has 0 aromatic heterocycles. The molecule has 3 N–H and O–H groups in total. The van der Waals surface area contributed by atoms with Crippen LogP contribution in [-0.2, 0) is 21.3 Å². The predicted octanol–water partition coefficient (Wildman–Crippen LogP) is 1.20. The maximum Gasteiger partial charge on any atom is 0.186 e. The van der Waals surface area contributed by atoms with Crippen molar-refractivity contribution in [3.63, 3.8) is 0 Å². The molecular weight excluding hydrogens is 242 g/mol. The third kappa shape index (κ3) is 1.99. The van der Waals surface area contributed by atoms with Gasteiger partial charge in [-0.2, -0.15) is 0 Å². The number of rotatable bonds is 5. The van der Waals surface area contributed by atoms with Crippen molar-refractivity contribution in [2.24, 2.45) is 5.73 Å². The van der Waals surface area contributed by atoms with Crippen LogP contribution in [0.25, 0.3) is 0 Å². The van der Waals surface area contributed by atoms with Crippen molar-refractivity contribution in [3.8, 4) is 0 Å². The summed E-state index contributed by atoms with van der Waals surface area (Å²) in [5, 5.41) is 11.0. The van der Waals surface area contributed by atoms with E-state index in [-0.39, 0.29) is 0 Å². The summed E-state index contributed by atoms with van der Waals surface area (Å²) in [5.41, 5.74) is 6.70. The summed E-state index contributed by atoms with van der Waals surface area (Å²) in [6.07, 6.45) is 1.02. The highest BCUT2D eigenvalue weighted by Gasteiger charge is 2.55. The first-order valence-electron chi connectivity index (χ1n) is 6.60. The molecule has 4 heteroatoms. The number of aryl methyl sites for hydroxylation is 1. The van der Waals surface area contributed by atoms with Crippen molar-refractivity contribution in [3.05, 3.63) is 35.4 Å². The molecule has 0 fully saturated rings. The lowest BCUT2D eigenvalue weighted by Gasteiger charge is -2.46. The third-order valence-corrected chi connectivity index (χ3v) is 4.56. The van der Waals surface area contributed by atoms with E-state index in [4.69, 9.17) is 15.2 Å². The zero-order valence-corrected chi connectivity index (χ0v) is 11.8. The van der Waals surface area contributed by atoms with E-state index in [1.54, 1.807) is 6.92 Å². The minimum atomic E-state index is -1.18. The fourth-order valence-electron chi connectivity index (χ4n) is 3.41. The lowest BCUT2D eigenvalue weighted by molar-refractivity contribution is -0.233. The first-order chi connectivity index (χ1) is 9.03. The zero-order chi connectivity index (χ0) is 14.1. The number of hydrogen-bond donors (Lipinski definition) is 2. The lowest BCUT2D eigenvalue weighted by Crippen LogP contribution is -2.60. The van der Waals surface area contributed by atoms with Gasteiger partial charge in [-0.05, 0) is 30.9 Å². The average molecular weight is 265 g/mol. The molecule has 1 aliphatic rings. The normalized spacial score (nSPS) is 25.4. The van der Waals surface area contributed by atoms with Crippen molar-refractivity contribution in [2.45, 2.75) is 37.1 Å². The fraction of sp³-hybridized carbons (Fsp3) is 0.600. The van der Waals surface area contributed by atoms with E-state index in [9.17, 15) is 5.11 Å². The lowest BCUT2D eigenvalue weighted by atomic mass is 9.68. The molecule has 2 unspecified atom stereocenters. The van der Waals surface area contributed by atoms with Crippen LogP contribution in [-0.4, -0.2) is 37.8 Å². The van der Waals surface area contributed by atoms with Crippen LogP contribution >= 0.6 is 0 Å². The molecule has 2 rings (SSSR count). The maximum atomic E-state index is 11.0. The summed E-state index contributed by atoms with van der Waals surface area (Å²) >= 11 is 0. The van der Waals surface area contributed by atoms with Crippen molar-refractivity contribution >= 4 is 0 Å². The van der Waals surface area contributed by atoms with Crippen molar-refractivity contribution in [2.75, 3.05) is 20.8 Å². The van der Waals surface area contributed by atoms with E-state index in [1.807, 2.05) is 18.2 Å². The maximum absolute atomic E-state index is 11.0. The third-order valence-electron chi connectivity index (χ3n) is 4.56. The molecule has 0 aliphatic heterocycles. The molecule has 1 aromatic carbocycles. The summed E-state index contributed by atoms with van der Waals surface area (Å²) in [6.45, 7) is 2.11. The molecule has 4 nitrogen and oxygen atoms in total. The number of nitrogens with two attached hydrogens (primary N) is 1. The first kappa shape index (κ1) is 14.5. The van der Waals surface area contributed by atoms with Crippen LogP contribution in [0.5, 0.6) is 0 Å². The van der Waals surface area contributed by atoms with Crippen LogP contribution in [0.4, 0.5) is 0 Å². The van der Waals surface area contributed by atoms with E-state index >= 15 is 0 Å². The van der Waals surface area contributed by atoms with Gasteiger partial charge < -0.3 is 20.3 Å². The van der Waals surface area contributed by atoms with Crippen LogP contribution in [0, 0.1) is 0 Å². The van der Waals surface area contributed by atoms with Gasteiger partial charge >= 0.3 is 0 Å². The largest absolute Gasteiger partial charge is 0.384 e. The number of fused-ring (bicyclic) bond motifs is 1. The molecular formula is C15H23NO3. The number of hydrogen-bond acceptors (Lipinski definition) is 4. The Morgan fingerprint density at radius 2 is 2.00 bits per heavy atom. The van der Waals surface area contributed by atoms with Gasteiger partial charge in [-0.15, -0.1) is 0 Å². The van der Waals surface area contributed by atoms with Crippen LogP contribution < -0.4 is 5.73 Å². The SMILES string of the molecule is COC(OC)C(C)(O)C1(CN)CCc2ccccc21. The Morgan fingerprint density at radius 3 is 2.58 bits per heavy atom. The number of methoxy groups -OCH3 is 2. The molecule has 0 radical (unpaired) electrons. The van der Waals surface area contributed by atoms with Gasteiger partial charge in [-0.25, -0.2) is 0 Å². The monoisotopic (exact) mass is 265 g/mol. The Labute approximate surface area is 114 Å². The standard InChI is InChI=1S/C15H23NO3/c1-14(17,13(18-2)19-3)15(10-16)9-8-11-6-4-5-7-12(11)15/h4-7,13,17H,8-10,16H2,1-3H3. The highest BCUT2D eigenvalue weighted by molar-refractivity contribution is 5.42. The summed E-state index contributed by atoms with van der Waals surface area (Å²) in [6, 6.07) is 8.15. The summed E-state index contributed by atoms with van der Waals surface area (Å²) in [7, 11) is 3.07. The molecule has 106 valence electrons. The second-order valence-electron chi connectivity index (χ2n) is 5.39. The van der Waals surface area contributed by atoms with Crippen molar-refractivity contribution in [1.29, 1.82) is 0 Å². The summed E-state index contributed by atoms with van der Waals surface area (Å²) in [5.74, 6) is 0. The van der Waals surface area contributed by atoms with Gasteiger partial charge in [0, 0.05) is 26.2 Å². The summed E-state index contributed by atoms with van der Waals surface area (Å²) in [4.78, 5) is 0. The average Bonchev–Trinajstić information content (AvgIpc) is 2.80. The minimum Gasteiger partial charge on any atom is -0.384 e. The Morgan fingerprint density at radius 1 is 1.37 bits per heavy atom. The second-order valence-corrected chi connectivity index (χ2v) is 5.39. The Kier molecular flexibility index (Phi) is 3.97. The number of ether oxygens (including phenoxy) is 2. The molecule has 0 heterocycles. The van der Waals surface area contributed by atoms with Gasteiger partial charge in [-0.3, -0.25) is 0 Å². The number of aliphatic hydroxyl groups is 1. The molecule has 0 saturated heterocycles. The molecule has 1 aromatic rings. The van der Waals surface area contributed by atoms with Gasteiger partial charge in [-0.1, -0.05) is 24.3 Å².